The Bertz CT molecular complexity index is 887. The van der Waals surface area contributed by atoms with Crippen LogP contribution in [0.2, 0.25) is 5.02 Å². The molecule has 0 aliphatic rings. The van der Waals surface area contributed by atoms with Gasteiger partial charge in [0.2, 0.25) is 0 Å². The first-order valence-electron chi connectivity index (χ1n) is 8.34. The minimum Gasteiger partial charge on any atom is -0.480 e. The fourth-order valence-corrected chi connectivity index (χ4v) is 4.05. The SMILES string of the molecule is Cc1ccc(S(=O)(=O)C(CCOCC=Cc2ccc(Cl)cc2)C(=O)O)cc1. The molecule has 5 nitrogen and oxygen atoms in total. The highest BCUT2D eigenvalue weighted by Gasteiger charge is 2.33. The summed E-state index contributed by atoms with van der Waals surface area (Å²) in [4.78, 5) is 11.5. The van der Waals surface area contributed by atoms with Crippen molar-refractivity contribution in [3.05, 3.63) is 70.8 Å². The van der Waals surface area contributed by atoms with Crippen molar-refractivity contribution < 1.29 is 23.1 Å². The van der Waals surface area contributed by atoms with Crippen molar-refractivity contribution in [2.75, 3.05) is 13.2 Å². The summed E-state index contributed by atoms with van der Waals surface area (Å²) in [7, 11) is -3.97. The second-order valence-corrected chi connectivity index (χ2v) is 8.57. The van der Waals surface area contributed by atoms with Crippen LogP contribution in [0.5, 0.6) is 0 Å². The van der Waals surface area contributed by atoms with Crippen LogP contribution in [0.25, 0.3) is 6.08 Å². The van der Waals surface area contributed by atoms with Gasteiger partial charge in [-0.1, -0.05) is 53.6 Å². The van der Waals surface area contributed by atoms with Gasteiger partial charge in [0.1, 0.15) is 0 Å². The lowest BCUT2D eigenvalue weighted by Gasteiger charge is -2.13. The molecule has 0 spiro atoms. The first-order valence-corrected chi connectivity index (χ1v) is 10.3. The number of hydrogen-bond donors (Lipinski definition) is 1. The Morgan fingerprint density at radius 3 is 2.37 bits per heavy atom. The summed E-state index contributed by atoms with van der Waals surface area (Å²) in [5.74, 6) is -1.38. The zero-order valence-corrected chi connectivity index (χ0v) is 16.4. The molecule has 27 heavy (non-hydrogen) atoms. The summed E-state index contributed by atoms with van der Waals surface area (Å²) < 4.78 is 30.5. The van der Waals surface area contributed by atoms with Crippen LogP contribution in [-0.2, 0) is 19.4 Å². The summed E-state index contributed by atoms with van der Waals surface area (Å²) in [6.07, 6.45) is 3.49. The van der Waals surface area contributed by atoms with Crippen molar-refractivity contribution in [1.82, 2.24) is 0 Å². The monoisotopic (exact) mass is 408 g/mol. The van der Waals surface area contributed by atoms with Crippen molar-refractivity contribution in [2.45, 2.75) is 23.5 Å². The number of carbonyl (C=O) groups is 1. The van der Waals surface area contributed by atoms with Crippen LogP contribution in [0.3, 0.4) is 0 Å². The maximum absolute atomic E-state index is 12.6. The van der Waals surface area contributed by atoms with Gasteiger partial charge >= 0.3 is 5.97 Å². The maximum Gasteiger partial charge on any atom is 0.322 e. The molecular weight excluding hydrogens is 388 g/mol. The number of halogens is 1. The van der Waals surface area contributed by atoms with E-state index in [0.717, 1.165) is 11.1 Å². The van der Waals surface area contributed by atoms with Crippen molar-refractivity contribution in [1.29, 1.82) is 0 Å². The van der Waals surface area contributed by atoms with Gasteiger partial charge in [0.05, 0.1) is 11.5 Å². The largest absolute Gasteiger partial charge is 0.480 e. The molecular formula is C20H21ClO5S. The minimum absolute atomic E-state index is 0.00290. The summed E-state index contributed by atoms with van der Waals surface area (Å²) in [5, 5.41) is 8.45. The van der Waals surface area contributed by atoms with E-state index in [9.17, 15) is 18.3 Å². The van der Waals surface area contributed by atoms with E-state index in [1.165, 1.54) is 12.1 Å². The molecule has 1 unspecified atom stereocenters. The van der Waals surface area contributed by atoms with E-state index in [-0.39, 0.29) is 24.5 Å². The Balaban J connectivity index is 1.90. The number of benzene rings is 2. The normalized spacial score (nSPS) is 13.0. The summed E-state index contributed by atoms with van der Waals surface area (Å²) in [6, 6.07) is 13.4. The molecule has 0 heterocycles. The summed E-state index contributed by atoms with van der Waals surface area (Å²) >= 11 is 5.81. The van der Waals surface area contributed by atoms with E-state index in [2.05, 4.69) is 0 Å². The number of sulfone groups is 1. The molecule has 0 amide bonds. The standard InChI is InChI=1S/C20H21ClO5S/c1-15-4-10-18(11-5-15)27(24,25)19(20(22)23)12-14-26-13-2-3-16-6-8-17(21)9-7-16/h2-11,19H,12-14H2,1H3,(H,22,23). The van der Waals surface area contributed by atoms with E-state index in [0.29, 0.717) is 5.02 Å². The highest BCUT2D eigenvalue weighted by molar-refractivity contribution is 7.92. The highest BCUT2D eigenvalue weighted by atomic mass is 35.5. The number of rotatable bonds is 9. The second-order valence-electron chi connectivity index (χ2n) is 6.00. The Morgan fingerprint density at radius 2 is 1.78 bits per heavy atom. The summed E-state index contributed by atoms with van der Waals surface area (Å²) in [6.45, 7) is 2.10. The zero-order chi connectivity index (χ0) is 19.9. The average Bonchev–Trinajstić information content (AvgIpc) is 2.62. The van der Waals surface area contributed by atoms with Gasteiger partial charge in [-0.2, -0.15) is 0 Å². The van der Waals surface area contributed by atoms with Crippen molar-refractivity contribution in [3.8, 4) is 0 Å². The van der Waals surface area contributed by atoms with Gasteiger partial charge in [0, 0.05) is 11.6 Å². The van der Waals surface area contributed by atoms with E-state index in [1.54, 1.807) is 30.3 Å². The van der Waals surface area contributed by atoms with Gasteiger partial charge < -0.3 is 9.84 Å². The topological polar surface area (TPSA) is 80.7 Å². The number of hydrogen-bond acceptors (Lipinski definition) is 4. The molecule has 2 rings (SSSR count). The third kappa shape index (κ3) is 6.20. The zero-order valence-electron chi connectivity index (χ0n) is 14.8. The summed E-state index contributed by atoms with van der Waals surface area (Å²) in [5.41, 5.74) is 1.85. The predicted octanol–water partition coefficient (Wildman–Crippen LogP) is 4.00. The van der Waals surface area contributed by atoms with Crippen LogP contribution in [0.4, 0.5) is 0 Å². The van der Waals surface area contributed by atoms with Gasteiger partial charge in [-0.05, 0) is 43.2 Å². The lowest BCUT2D eigenvalue weighted by Crippen LogP contribution is -2.31. The van der Waals surface area contributed by atoms with Gasteiger partial charge in [-0.15, -0.1) is 0 Å². The van der Waals surface area contributed by atoms with Gasteiger partial charge in [0.25, 0.3) is 0 Å². The van der Waals surface area contributed by atoms with E-state index < -0.39 is 21.1 Å². The first kappa shape index (κ1) is 21.2. The van der Waals surface area contributed by atoms with Gasteiger partial charge in [0.15, 0.2) is 15.1 Å². The van der Waals surface area contributed by atoms with E-state index in [1.807, 2.05) is 25.1 Å². The van der Waals surface area contributed by atoms with E-state index in [4.69, 9.17) is 16.3 Å². The molecule has 2 aromatic carbocycles. The maximum atomic E-state index is 12.6. The van der Waals surface area contributed by atoms with Crippen LogP contribution in [0.15, 0.2) is 59.5 Å². The van der Waals surface area contributed by atoms with Crippen molar-refractivity contribution in [3.63, 3.8) is 0 Å². The number of carboxylic acid groups (broad SMARTS) is 1. The molecule has 2 aromatic rings. The predicted molar refractivity (Wildman–Crippen MR) is 106 cm³/mol. The number of ether oxygens (including phenoxy) is 1. The third-order valence-electron chi connectivity index (χ3n) is 3.92. The number of carboxylic acids is 1. The molecule has 0 radical (unpaired) electrons. The van der Waals surface area contributed by atoms with Crippen LogP contribution >= 0.6 is 11.6 Å². The highest BCUT2D eigenvalue weighted by Crippen LogP contribution is 2.19. The molecule has 0 bridgehead atoms. The molecule has 0 aromatic heterocycles. The van der Waals surface area contributed by atoms with Crippen LogP contribution in [-0.4, -0.2) is 38.0 Å². The van der Waals surface area contributed by atoms with Crippen LogP contribution in [0.1, 0.15) is 17.5 Å². The smallest absolute Gasteiger partial charge is 0.322 e. The lowest BCUT2D eigenvalue weighted by atomic mass is 10.2. The second kappa shape index (κ2) is 9.69. The van der Waals surface area contributed by atoms with Crippen LogP contribution < -0.4 is 0 Å². The van der Waals surface area contributed by atoms with E-state index >= 15 is 0 Å². The van der Waals surface area contributed by atoms with Crippen LogP contribution in [0, 0.1) is 6.92 Å². The Labute approximate surface area is 164 Å². The molecule has 7 heteroatoms. The van der Waals surface area contributed by atoms with Gasteiger partial charge in [-0.25, -0.2) is 8.42 Å². The average molecular weight is 409 g/mol. The fourth-order valence-electron chi connectivity index (χ4n) is 2.40. The molecule has 1 N–H and O–H groups in total. The quantitative estimate of drug-likeness (QED) is 0.634. The third-order valence-corrected chi connectivity index (χ3v) is 6.29. The van der Waals surface area contributed by atoms with Gasteiger partial charge in [-0.3, -0.25) is 4.79 Å². The molecule has 0 aliphatic carbocycles. The lowest BCUT2D eigenvalue weighted by molar-refractivity contribution is -0.136. The number of aryl methyl sites for hydroxylation is 1. The molecule has 0 saturated carbocycles. The van der Waals surface area contributed by atoms with Crippen molar-refractivity contribution in [2.24, 2.45) is 0 Å². The molecule has 144 valence electrons. The first-order chi connectivity index (χ1) is 12.8. The molecule has 0 aliphatic heterocycles. The minimum atomic E-state index is -3.97. The molecule has 0 saturated heterocycles. The fraction of sp³-hybridized carbons (Fsp3) is 0.250. The number of aliphatic carboxylic acids is 1. The Kier molecular flexibility index (Phi) is 7.59. The Hall–Kier alpha value is -2.15. The Morgan fingerprint density at radius 1 is 1.15 bits per heavy atom. The molecule has 0 fully saturated rings. The van der Waals surface area contributed by atoms with Crippen molar-refractivity contribution >= 4 is 33.5 Å². The molecule has 1 atom stereocenters.